The van der Waals surface area contributed by atoms with Crippen molar-refractivity contribution in [2.45, 2.75) is 96.8 Å². The van der Waals surface area contributed by atoms with Gasteiger partial charge in [-0.1, -0.05) is 84.0 Å². The molecule has 0 bridgehead atoms. The molecular weight excluding hydrogens is 502 g/mol. The van der Waals surface area contributed by atoms with Crippen LogP contribution in [0.3, 0.4) is 0 Å². The number of fused-ring (bicyclic) bond motifs is 1. The molecule has 2 saturated heterocycles. The van der Waals surface area contributed by atoms with Gasteiger partial charge in [-0.05, 0) is 24.6 Å². The van der Waals surface area contributed by atoms with Gasteiger partial charge in [0.05, 0.1) is 37.5 Å². The van der Waals surface area contributed by atoms with Crippen LogP contribution in [-0.4, -0.2) is 68.5 Å². The quantitative estimate of drug-likeness (QED) is 0.218. The molecule has 40 heavy (non-hydrogen) atoms. The first-order chi connectivity index (χ1) is 19.7. The fourth-order valence-corrected chi connectivity index (χ4v) is 5.61. The van der Waals surface area contributed by atoms with E-state index in [1.54, 1.807) is 0 Å². The van der Waals surface area contributed by atoms with Crippen molar-refractivity contribution in [3.05, 3.63) is 18.2 Å². The van der Waals surface area contributed by atoms with Crippen molar-refractivity contribution in [3.63, 3.8) is 0 Å². The SMILES string of the molecule is CCCCCCCCCCCCCCCC(=O)Nc1ccc2nc(N3CCOCC3)c(N3CCOCC3)nc2c1. The Kier molecular flexibility index (Phi) is 13.3. The minimum atomic E-state index is 0.0775. The van der Waals surface area contributed by atoms with E-state index in [9.17, 15) is 4.79 Å². The number of anilines is 3. The van der Waals surface area contributed by atoms with Crippen molar-refractivity contribution in [2.75, 3.05) is 67.7 Å². The molecule has 0 unspecified atom stereocenters. The van der Waals surface area contributed by atoms with Crippen LogP contribution in [-0.2, 0) is 14.3 Å². The second-order valence-electron chi connectivity index (χ2n) is 11.3. The third-order valence-corrected chi connectivity index (χ3v) is 8.04. The number of benzene rings is 1. The van der Waals surface area contributed by atoms with Crippen molar-refractivity contribution in [2.24, 2.45) is 0 Å². The van der Waals surface area contributed by atoms with Gasteiger partial charge in [-0.3, -0.25) is 4.79 Å². The third kappa shape index (κ3) is 9.88. The first-order valence-electron chi connectivity index (χ1n) is 16.0. The Morgan fingerprint density at radius 2 is 1.18 bits per heavy atom. The summed E-state index contributed by atoms with van der Waals surface area (Å²) in [6, 6.07) is 5.86. The Labute approximate surface area is 241 Å². The maximum Gasteiger partial charge on any atom is 0.224 e. The molecule has 1 aromatic carbocycles. The van der Waals surface area contributed by atoms with E-state index in [1.807, 2.05) is 18.2 Å². The summed E-state index contributed by atoms with van der Waals surface area (Å²) >= 11 is 0. The van der Waals surface area contributed by atoms with Gasteiger partial charge in [-0.25, -0.2) is 9.97 Å². The smallest absolute Gasteiger partial charge is 0.224 e. The molecule has 2 fully saturated rings. The highest BCUT2D eigenvalue weighted by molar-refractivity contribution is 5.93. The summed E-state index contributed by atoms with van der Waals surface area (Å²) in [6.45, 7) is 8.28. The molecule has 4 rings (SSSR count). The maximum absolute atomic E-state index is 12.6. The normalized spacial score (nSPS) is 16.0. The summed E-state index contributed by atoms with van der Waals surface area (Å²) in [6.07, 6.45) is 17.6. The van der Waals surface area contributed by atoms with Gasteiger partial charge in [0.25, 0.3) is 0 Å². The molecule has 0 spiro atoms. The standard InChI is InChI=1S/C32H51N5O3/c1-2-3-4-5-6-7-8-9-10-11-12-13-14-15-30(38)33-27-16-17-28-29(26-27)35-32(37-20-24-40-25-21-37)31(34-28)36-18-22-39-23-19-36/h16-17,26H,2-15,18-25H2,1H3,(H,33,38). The molecule has 2 aliphatic rings. The molecule has 3 heterocycles. The lowest BCUT2D eigenvalue weighted by Gasteiger charge is -2.34. The van der Waals surface area contributed by atoms with E-state index >= 15 is 0 Å². The van der Waals surface area contributed by atoms with Crippen LogP contribution in [0.2, 0.25) is 0 Å². The summed E-state index contributed by atoms with van der Waals surface area (Å²) in [5, 5.41) is 3.09. The van der Waals surface area contributed by atoms with E-state index in [0.717, 1.165) is 67.4 Å². The monoisotopic (exact) mass is 553 g/mol. The Hall–Kier alpha value is -2.45. The number of aromatic nitrogens is 2. The minimum Gasteiger partial charge on any atom is -0.378 e. The van der Waals surface area contributed by atoms with Gasteiger partial charge >= 0.3 is 0 Å². The molecule has 1 N–H and O–H groups in total. The highest BCUT2D eigenvalue weighted by Crippen LogP contribution is 2.30. The number of carbonyl (C=O) groups excluding carboxylic acids is 1. The predicted molar refractivity (Wildman–Crippen MR) is 165 cm³/mol. The van der Waals surface area contributed by atoms with Gasteiger partial charge in [0, 0.05) is 38.3 Å². The highest BCUT2D eigenvalue weighted by atomic mass is 16.5. The lowest BCUT2D eigenvalue weighted by molar-refractivity contribution is -0.116. The molecule has 222 valence electrons. The van der Waals surface area contributed by atoms with Crippen molar-refractivity contribution in [3.8, 4) is 0 Å². The van der Waals surface area contributed by atoms with Crippen molar-refractivity contribution in [1.29, 1.82) is 0 Å². The number of ether oxygens (including phenoxy) is 2. The summed E-state index contributed by atoms with van der Waals surface area (Å²) in [7, 11) is 0. The molecule has 0 radical (unpaired) electrons. The Morgan fingerprint density at radius 1 is 0.700 bits per heavy atom. The van der Waals surface area contributed by atoms with Gasteiger partial charge in [0.2, 0.25) is 5.91 Å². The molecular formula is C32H51N5O3. The number of carbonyl (C=O) groups is 1. The van der Waals surface area contributed by atoms with Crippen LogP contribution in [0.5, 0.6) is 0 Å². The first kappa shape index (κ1) is 30.5. The number of unbranched alkanes of at least 4 members (excludes halogenated alkanes) is 12. The Bertz CT molecular complexity index is 1020. The van der Waals surface area contributed by atoms with Crippen LogP contribution < -0.4 is 15.1 Å². The average Bonchev–Trinajstić information content (AvgIpc) is 2.99. The predicted octanol–water partition coefficient (Wildman–Crippen LogP) is 6.72. The molecule has 1 amide bonds. The second kappa shape index (κ2) is 17.4. The zero-order chi connectivity index (χ0) is 27.8. The van der Waals surface area contributed by atoms with Crippen LogP contribution in [0.25, 0.3) is 11.0 Å². The summed E-state index contributed by atoms with van der Waals surface area (Å²) in [5.41, 5.74) is 2.43. The zero-order valence-corrected chi connectivity index (χ0v) is 24.8. The molecule has 8 heteroatoms. The number of nitrogens with zero attached hydrogens (tertiary/aromatic N) is 4. The second-order valence-corrected chi connectivity index (χ2v) is 11.3. The minimum absolute atomic E-state index is 0.0775. The van der Waals surface area contributed by atoms with Crippen LogP contribution in [0.1, 0.15) is 96.8 Å². The number of amides is 1. The molecule has 0 saturated carbocycles. The van der Waals surface area contributed by atoms with E-state index in [2.05, 4.69) is 22.0 Å². The first-order valence-corrected chi connectivity index (χ1v) is 16.0. The van der Waals surface area contributed by atoms with E-state index in [-0.39, 0.29) is 5.91 Å². The van der Waals surface area contributed by atoms with E-state index in [0.29, 0.717) is 32.8 Å². The van der Waals surface area contributed by atoms with E-state index < -0.39 is 0 Å². The van der Waals surface area contributed by atoms with Crippen LogP contribution >= 0.6 is 0 Å². The molecule has 0 aliphatic carbocycles. The van der Waals surface area contributed by atoms with E-state index in [1.165, 1.54) is 70.6 Å². The molecule has 1 aromatic heterocycles. The van der Waals surface area contributed by atoms with Gasteiger partial charge in [0.15, 0.2) is 11.6 Å². The van der Waals surface area contributed by atoms with E-state index in [4.69, 9.17) is 19.4 Å². The van der Waals surface area contributed by atoms with Gasteiger partial charge in [-0.15, -0.1) is 0 Å². The van der Waals surface area contributed by atoms with Crippen molar-refractivity contribution < 1.29 is 14.3 Å². The van der Waals surface area contributed by atoms with Gasteiger partial charge in [0.1, 0.15) is 0 Å². The fraction of sp³-hybridized carbons (Fsp3) is 0.719. The van der Waals surface area contributed by atoms with Crippen molar-refractivity contribution in [1.82, 2.24) is 9.97 Å². The number of morpholine rings is 2. The van der Waals surface area contributed by atoms with Crippen LogP contribution in [0.4, 0.5) is 17.3 Å². The third-order valence-electron chi connectivity index (χ3n) is 8.04. The maximum atomic E-state index is 12.6. The fourth-order valence-electron chi connectivity index (χ4n) is 5.61. The molecule has 2 aromatic rings. The Balaban J connectivity index is 1.21. The molecule has 0 atom stereocenters. The lowest BCUT2D eigenvalue weighted by Crippen LogP contribution is -2.41. The summed E-state index contributed by atoms with van der Waals surface area (Å²) in [5.74, 6) is 1.89. The lowest BCUT2D eigenvalue weighted by atomic mass is 10.0. The highest BCUT2D eigenvalue weighted by Gasteiger charge is 2.24. The molecule has 2 aliphatic heterocycles. The van der Waals surface area contributed by atoms with Crippen LogP contribution in [0, 0.1) is 0 Å². The van der Waals surface area contributed by atoms with Gasteiger partial charge in [-0.2, -0.15) is 0 Å². The molecule has 8 nitrogen and oxygen atoms in total. The Morgan fingerprint density at radius 3 is 1.70 bits per heavy atom. The number of rotatable bonds is 17. The largest absolute Gasteiger partial charge is 0.378 e. The summed E-state index contributed by atoms with van der Waals surface area (Å²) in [4.78, 5) is 27.2. The van der Waals surface area contributed by atoms with Gasteiger partial charge < -0.3 is 24.6 Å². The number of nitrogens with one attached hydrogen (secondary N) is 1. The topological polar surface area (TPSA) is 79.8 Å². The average molecular weight is 554 g/mol. The number of hydrogen-bond acceptors (Lipinski definition) is 7. The van der Waals surface area contributed by atoms with Crippen LogP contribution in [0.15, 0.2) is 18.2 Å². The van der Waals surface area contributed by atoms with Crippen molar-refractivity contribution >= 4 is 34.3 Å². The number of hydrogen-bond donors (Lipinski definition) is 1. The summed E-state index contributed by atoms with van der Waals surface area (Å²) < 4.78 is 11.1. The zero-order valence-electron chi connectivity index (χ0n) is 24.8.